The summed E-state index contributed by atoms with van der Waals surface area (Å²) in [4.78, 5) is 11.1. The fraction of sp³-hybridized carbons (Fsp3) is 0.333. The molecule has 3 aromatic rings. The van der Waals surface area contributed by atoms with E-state index >= 15 is 0 Å². The van der Waals surface area contributed by atoms with Gasteiger partial charge in [-0.25, -0.2) is 9.97 Å². The topological polar surface area (TPSA) is 61.0 Å². The minimum absolute atomic E-state index is 0.204. The van der Waals surface area contributed by atoms with Crippen LogP contribution in [0.15, 0.2) is 22.9 Å². The molecule has 0 radical (unpaired) electrons. The Morgan fingerprint density at radius 1 is 1.33 bits per heavy atom. The second kappa shape index (κ2) is 6.09. The summed E-state index contributed by atoms with van der Waals surface area (Å²) in [6, 6.07) is 4.13. The first-order chi connectivity index (χ1) is 10.2. The Morgan fingerprint density at radius 3 is 2.90 bits per heavy atom. The third-order valence-corrected chi connectivity index (χ3v) is 5.14. The van der Waals surface area contributed by atoms with E-state index in [1.165, 1.54) is 4.88 Å². The van der Waals surface area contributed by atoms with Gasteiger partial charge in [-0.2, -0.15) is 0 Å². The summed E-state index contributed by atoms with van der Waals surface area (Å²) in [6.07, 6.45) is 1.18. The van der Waals surface area contributed by atoms with Crippen LogP contribution >= 0.6 is 22.7 Å². The van der Waals surface area contributed by atoms with Gasteiger partial charge in [0.2, 0.25) is 0 Å². The number of nitrogens with two attached hydrogens (primary N) is 1. The maximum Gasteiger partial charge on any atom is 0.158 e. The van der Waals surface area contributed by atoms with Crippen molar-refractivity contribution in [3.63, 3.8) is 0 Å². The first kappa shape index (κ1) is 14.4. The lowest BCUT2D eigenvalue weighted by Crippen LogP contribution is -2.09. The van der Waals surface area contributed by atoms with E-state index in [1.54, 1.807) is 22.7 Å². The number of anilines is 1. The second-order valence-electron chi connectivity index (χ2n) is 4.86. The van der Waals surface area contributed by atoms with Gasteiger partial charge < -0.3 is 10.5 Å². The third-order valence-electron chi connectivity index (χ3n) is 3.37. The van der Waals surface area contributed by atoms with Crippen LogP contribution in [0, 0.1) is 0 Å². The maximum atomic E-state index is 6.15. The van der Waals surface area contributed by atoms with E-state index in [0.717, 1.165) is 22.2 Å². The molecule has 0 spiro atoms. The zero-order valence-corrected chi connectivity index (χ0v) is 13.6. The summed E-state index contributed by atoms with van der Waals surface area (Å²) in [6.45, 7) is 4.54. The summed E-state index contributed by atoms with van der Waals surface area (Å²) in [5, 5.41) is 5.11. The minimum Gasteiger partial charge on any atom is -0.383 e. The summed E-state index contributed by atoms with van der Waals surface area (Å²) < 4.78 is 5.69. The molecule has 0 amide bonds. The number of aromatic nitrogens is 2. The van der Waals surface area contributed by atoms with Crippen molar-refractivity contribution in [1.29, 1.82) is 0 Å². The number of ether oxygens (including phenoxy) is 1. The highest BCUT2D eigenvalue weighted by atomic mass is 32.1. The Balaban J connectivity index is 1.95. The Morgan fingerprint density at radius 2 is 2.19 bits per heavy atom. The van der Waals surface area contributed by atoms with E-state index in [9.17, 15) is 0 Å². The van der Waals surface area contributed by atoms with Crippen LogP contribution in [0.4, 0.5) is 5.82 Å². The summed E-state index contributed by atoms with van der Waals surface area (Å²) in [7, 11) is 0. The monoisotopic (exact) mass is 319 g/mol. The summed E-state index contributed by atoms with van der Waals surface area (Å²) in [5.74, 6) is 1.19. The first-order valence-corrected chi connectivity index (χ1v) is 8.64. The van der Waals surface area contributed by atoms with Gasteiger partial charge in [-0.15, -0.1) is 22.7 Å². The lowest BCUT2D eigenvalue weighted by molar-refractivity contribution is 0.0470. The van der Waals surface area contributed by atoms with Crippen molar-refractivity contribution in [2.45, 2.75) is 33.0 Å². The van der Waals surface area contributed by atoms with E-state index in [4.69, 9.17) is 10.5 Å². The normalized spacial score (nSPS) is 12.9. The molecule has 0 aliphatic heterocycles. The van der Waals surface area contributed by atoms with Crippen molar-refractivity contribution in [2.24, 2.45) is 0 Å². The smallest absolute Gasteiger partial charge is 0.158 e. The number of hydrogen-bond acceptors (Lipinski definition) is 6. The molecule has 0 fully saturated rings. The number of hydrogen-bond donors (Lipinski definition) is 1. The number of thiophene rings is 2. The standard InChI is InChI=1S/C15H17N3OS2/c1-3-9(2)19-7-12-17-14(16)13-10(8-21-15(13)18-12)11-5-4-6-20-11/h4-6,8-9H,3,7H2,1-2H3,(H2,16,17,18). The number of nitrogen functional groups attached to an aromatic ring is 1. The molecule has 0 aromatic carbocycles. The molecule has 1 atom stereocenters. The van der Waals surface area contributed by atoms with Crippen molar-refractivity contribution < 1.29 is 4.74 Å². The molecule has 3 rings (SSSR count). The molecular weight excluding hydrogens is 302 g/mol. The molecular formula is C15H17N3OS2. The SMILES string of the molecule is CCC(C)OCc1nc(N)c2c(-c3cccs3)csc2n1. The van der Waals surface area contributed by atoms with Gasteiger partial charge in [-0.3, -0.25) is 0 Å². The molecule has 6 heteroatoms. The lowest BCUT2D eigenvalue weighted by atomic mass is 10.2. The van der Waals surface area contributed by atoms with Gasteiger partial charge in [0.05, 0.1) is 11.5 Å². The average molecular weight is 319 g/mol. The number of fused-ring (bicyclic) bond motifs is 1. The van der Waals surface area contributed by atoms with E-state index < -0.39 is 0 Å². The Bertz CT molecular complexity index is 737. The zero-order chi connectivity index (χ0) is 14.8. The molecule has 4 nitrogen and oxygen atoms in total. The molecule has 3 aromatic heterocycles. The predicted octanol–water partition coefficient (Wildman–Crippen LogP) is 4.32. The van der Waals surface area contributed by atoms with Crippen molar-refractivity contribution >= 4 is 38.7 Å². The van der Waals surface area contributed by atoms with Gasteiger partial charge in [0.15, 0.2) is 5.82 Å². The Labute approximate surface area is 131 Å². The molecule has 0 saturated heterocycles. The molecule has 0 aliphatic carbocycles. The van der Waals surface area contributed by atoms with Gasteiger partial charge in [-0.05, 0) is 24.8 Å². The highest BCUT2D eigenvalue weighted by Crippen LogP contribution is 2.37. The first-order valence-electron chi connectivity index (χ1n) is 6.88. The molecule has 0 aliphatic rings. The maximum absolute atomic E-state index is 6.15. The van der Waals surface area contributed by atoms with Crippen LogP contribution in [0.25, 0.3) is 20.7 Å². The van der Waals surface area contributed by atoms with Crippen molar-refractivity contribution in [3.8, 4) is 10.4 Å². The summed E-state index contributed by atoms with van der Waals surface area (Å²) in [5.41, 5.74) is 7.27. The molecule has 1 unspecified atom stereocenters. The van der Waals surface area contributed by atoms with E-state index in [0.29, 0.717) is 18.2 Å². The molecule has 0 saturated carbocycles. The second-order valence-corrected chi connectivity index (χ2v) is 6.67. The fourth-order valence-corrected chi connectivity index (χ4v) is 3.82. The van der Waals surface area contributed by atoms with Crippen LogP contribution < -0.4 is 5.73 Å². The molecule has 3 heterocycles. The zero-order valence-electron chi connectivity index (χ0n) is 12.0. The van der Waals surface area contributed by atoms with Gasteiger partial charge in [-0.1, -0.05) is 13.0 Å². The van der Waals surface area contributed by atoms with E-state index in [2.05, 4.69) is 33.7 Å². The number of rotatable bonds is 5. The molecule has 2 N–H and O–H groups in total. The van der Waals surface area contributed by atoms with Crippen LogP contribution in [0.2, 0.25) is 0 Å². The number of nitrogens with zero attached hydrogens (tertiary/aromatic N) is 2. The third kappa shape index (κ3) is 2.92. The Hall–Kier alpha value is -1.50. The average Bonchev–Trinajstić information content (AvgIpc) is 3.13. The highest BCUT2D eigenvalue weighted by Gasteiger charge is 2.14. The minimum atomic E-state index is 0.204. The van der Waals surface area contributed by atoms with Gasteiger partial charge in [0, 0.05) is 15.8 Å². The molecule has 0 bridgehead atoms. The largest absolute Gasteiger partial charge is 0.383 e. The fourth-order valence-electron chi connectivity index (χ4n) is 2.03. The summed E-state index contributed by atoms with van der Waals surface area (Å²) >= 11 is 3.30. The van der Waals surface area contributed by atoms with Crippen LogP contribution in [-0.2, 0) is 11.3 Å². The molecule has 110 valence electrons. The lowest BCUT2D eigenvalue weighted by Gasteiger charge is -2.10. The van der Waals surface area contributed by atoms with Crippen molar-refractivity contribution in [3.05, 3.63) is 28.7 Å². The quantitative estimate of drug-likeness (QED) is 0.761. The van der Waals surface area contributed by atoms with E-state index in [-0.39, 0.29) is 6.10 Å². The molecule has 21 heavy (non-hydrogen) atoms. The van der Waals surface area contributed by atoms with E-state index in [1.807, 2.05) is 13.0 Å². The van der Waals surface area contributed by atoms with Crippen LogP contribution in [-0.4, -0.2) is 16.1 Å². The van der Waals surface area contributed by atoms with Gasteiger partial charge in [0.1, 0.15) is 17.3 Å². The van der Waals surface area contributed by atoms with Crippen LogP contribution in [0.5, 0.6) is 0 Å². The van der Waals surface area contributed by atoms with Crippen LogP contribution in [0.3, 0.4) is 0 Å². The van der Waals surface area contributed by atoms with Gasteiger partial charge >= 0.3 is 0 Å². The highest BCUT2D eigenvalue weighted by molar-refractivity contribution is 7.18. The van der Waals surface area contributed by atoms with Crippen molar-refractivity contribution in [1.82, 2.24) is 9.97 Å². The van der Waals surface area contributed by atoms with Gasteiger partial charge in [0.25, 0.3) is 0 Å². The van der Waals surface area contributed by atoms with Crippen molar-refractivity contribution in [2.75, 3.05) is 5.73 Å². The predicted molar refractivity (Wildman–Crippen MR) is 89.7 cm³/mol. The Kier molecular flexibility index (Phi) is 4.19. The van der Waals surface area contributed by atoms with Crippen LogP contribution in [0.1, 0.15) is 26.1 Å².